The molecule has 0 radical (unpaired) electrons. The summed E-state index contributed by atoms with van der Waals surface area (Å²) in [5, 5.41) is 31.6. The Morgan fingerprint density at radius 1 is 0.875 bits per heavy atom. The van der Waals surface area contributed by atoms with Gasteiger partial charge in [-0.1, -0.05) is 0 Å². The van der Waals surface area contributed by atoms with Gasteiger partial charge in [-0.3, -0.25) is 30.3 Å². The van der Waals surface area contributed by atoms with Crippen molar-refractivity contribution < 1.29 is 31.9 Å². The monoisotopic (exact) mass is 385 g/mol. The number of hydrogen-bond donors (Lipinski definition) is 0. The summed E-state index contributed by atoms with van der Waals surface area (Å²) in [4.78, 5) is 25.8. The molecule has 0 aliphatic carbocycles. The first-order chi connectivity index (χ1) is 10.6. The van der Waals surface area contributed by atoms with E-state index in [0.29, 0.717) is 0 Å². The van der Waals surface area contributed by atoms with Crippen molar-refractivity contribution in [3.05, 3.63) is 42.5 Å². The first-order valence-corrected chi connectivity index (χ1v) is 9.71. The summed E-state index contributed by atoms with van der Waals surface area (Å²) in [5.41, 5.74) is -4.11. The second kappa shape index (κ2) is 7.37. The molecule has 15 heteroatoms. The highest BCUT2D eigenvalue weighted by atomic mass is 32.2. The van der Waals surface area contributed by atoms with Gasteiger partial charge < -0.3 is 4.55 Å². The Hall–Kier alpha value is -2.52. The Labute approximate surface area is 135 Å². The Morgan fingerprint density at radius 2 is 1.17 bits per heavy atom. The molecular formula is C9H11N3O10S2. The molecule has 0 aromatic heterocycles. The van der Waals surface area contributed by atoms with Crippen LogP contribution in [0.1, 0.15) is 0 Å². The number of nitro benzene ring substituents is 3. The third kappa shape index (κ3) is 6.71. The Balaban J connectivity index is 0.000000922. The van der Waals surface area contributed by atoms with Crippen molar-refractivity contribution in [2.24, 2.45) is 0 Å². The van der Waals surface area contributed by atoms with Crippen molar-refractivity contribution in [2.45, 2.75) is 4.90 Å². The molecule has 0 unspecified atom stereocenters. The number of hydrogen-bond acceptors (Lipinski definition) is 10. The maximum absolute atomic E-state index is 10.8. The molecule has 24 heavy (non-hydrogen) atoms. The summed E-state index contributed by atoms with van der Waals surface area (Å²) >= 11 is 0. The minimum absolute atomic E-state index is 0.164. The van der Waals surface area contributed by atoms with E-state index in [9.17, 15) is 47.5 Å². The van der Waals surface area contributed by atoms with Gasteiger partial charge in [0.15, 0.2) is 0 Å². The molecule has 0 N–H and O–H groups in total. The third-order valence-corrected chi connectivity index (χ3v) is 2.81. The molecule has 0 saturated carbocycles. The Morgan fingerprint density at radius 3 is 1.33 bits per heavy atom. The third-order valence-electron chi connectivity index (χ3n) is 1.89. The first-order valence-electron chi connectivity index (χ1n) is 5.52. The van der Waals surface area contributed by atoms with E-state index in [1.54, 1.807) is 18.8 Å². The number of non-ortho nitro benzene ring substituents is 1. The Bertz CT molecular complexity index is 798. The second-order valence-electron chi connectivity index (χ2n) is 4.76. The van der Waals surface area contributed by atoms with Crippen LogP contribution in [0.5, 0.6) is 0 Å². The van der Waals surface area contributed by atoms with Crippen molar-refractivity contribution in [1.82, 2.24) is 0 Å². The zero-order valence-electron chi connectivity index (χ0n) is 12.4. The van der Waals surface area contributed by atoms with Gasteiger partial charge in [-0.25, -0.2) is 8.42 Å². The molecular weight excluding hydrogens is 374 g/mol. The fourth-order valence-corrected chi connectivity index (χ4v) is 2.00. The van der Waals surface area contributed by atoms with Gasteiger partial charge in [0.1, 0.15) is 28.9 Å². The molecule has 0 aliphatic rings. The molecule has 1 aromatic rings. The molecule has 0 bridgehead atoms. The summed E-state index contributed by atoms with van der Waals surface area (Å²) < 4.78 is 42.7. The van der Waals surface area contributed by atoms with Gasteiger partial charge in [0.05, 0.1) is 36.8 Å². The highest BCUT2D eigenvalue weighted by molar-refractivity contribution is 8.00. The smallest absolute Gasteiger partial charge is 0.300 e. The molecule has 0 heterocycles. The van der Waals surface area contributed by atoms with Gasteiger partial charge in [0.25, 0.3) is 5.69 Å². The van der Waals surface area contributed by atoms with Gasteiger partial charge in [-0.15, -0.1) is 4.21 Å². The lowest BCUT2D eigenvalue weighted by Gasteiger charge is -2.07. The van der Waals surface area contributed by atoms with E-state index in [1.807, 2.05) is 0 Å². The minimum atomic E-state index is -5.55. The molecule has 0 spiro atoms. The maximum atomic E-state index is 10.8. The number of nitrogens with zero attached hydrogens (tertiary/aromatic N) is 3. The van der Waals surface area contributed by atoms with E-state index in [1.165, 1.54) is 0 Å². The summed E-state index contributed by atoms with van der Waals surface area (Å²) in [5.74, 6) is 0. The molecule has 134 valence electrons. The van der Waals surface area contributed by atoms with Crippen molar-refractivity contribution >= 4 is 37.1 Å². The van der Waals surface area contributed by atoms with Crippen LogP contribution in [0.3, 0.4) is 0 Å². The Kier molecular flexibility index (Phi) is 6.59. The molecule has 13 nitrogen and oxygen atoms in total. The average Bonchev–Trinajstić information content (AvgIpc) is 2.33. The van der Waals surface area contributed by atoms with Crippen LogP contribution in [0.15, 0.2) is 17.0 Å². The zero-order valence-corrected chi connectivity index (χ0v) is 14.0. The largest absolute Gasteiger partial charge is 0.744 e. The topological polar surface area (TPSA) is 204 Å². The van der Waals surface area contributed by atoms with E-state index >= 15 is 0 Å². The molecule has 0 aliphatic heterocycles. The number of rotatable bonds is 4. The van der Waals surface area contributed by atoms with Crippen molar-refractivity contribution in [1.29, 1.82) is 0 Å². The van der Waals surface area contributed by atoms with Crippen LogP contribution in [0.4, 0.5) is 17.1 Å². The van der Waals surface area contributed by atoms with E-state index in [4.69, 9.17) is 0 Å². The molecule has 0 fully saturated rings. The summed E-state index contributed by atoms with van der Waals surface area (Å²) in [7, 11) is -6.97. The summed E-state index contributed by atoms with van der Waals surface area (Å²) in [6.45, 7) is 0. The zero-order chi connectivity index (χ0) is 19.5. The van der Waals surface area contributed by atoms with Crippen LogP contribution in [0, 0.1) is 30.3 Å². The quantitative estimate of drug-likeness (QED) is 0.307. The second-order valence-corrected chi connectivity index (χ2v) is 9.53. The summed E-state index contributed by atoms with van der Waals surface area (Å²) in [6, 6.07) is 0.329. The lowest BCUT2D eigenvalue weighted by molar-refractivity contribution is -0.407. The number of nitro groups is 3. The van der Waals surface area contributed by atoms with Crippen LogP contribution in [-0.4, -0.2) is 46.5 Å². The van der Waals surface area contributed by atoms with Gasteiger partial charge in [0.2, 0.25) is 4.90 Å². The normalized spacial score (nSPS) is 11.2. The van der Waals surface area contributed by atoms with E-state index in [2.05, 4.69) is 0 Å². The number of benzene rings is 1. The molecule has 0 amide bonds. The molecule has 0 atom stereocenters. The standard InChI is InChI=1S/C6H3N3O9S.C3H9OS/c10-7(11)3-1-4(8(12)13)6(19(16,17)18)5(2-3)9(14)15;1-5(2,3)4/h1-2H,(H,16,17,18);1-3H3/q;+1/p-1. The van der Waals surface area contributed by atoms with Crippen LogP contribution in [-0.2, 0) is 24.3 Å². The fourth-order valence-electron chi connectivity index (χ4n) is 1.22. The summed E-state index contributed by atoms with van der Waals surface area (Å²) in [6.07, 6.45) is 5.15. The van der Waals surface area contributed by atoms with Crippen LogP contribution >= 0.6 is 0 Å². The first kappa shape index (κ1) is 21.5. The van der Waals surface area contributed by atoms with Gasteiger partial charge in [-0.05, 0) is 0 Å². The molecule has 0 saturated heterocycles. The lowest BCUT2D eigenvalue weighted by Crippen LogP contribution is -2.08. The maximum Gasteiger partial charge on any atom is 0.300 e. The SMILES string of the molecule is C[S+](C)(C)=O.O=[N+]([O-])c1cc([N+](=O)[O-])c(S(=O)(=O)[O-])c([N+](=O)[O-])c1. The fraction of sp³-hybridized carbons (Fsp3) is 0.333. The molecule has 1 aromatic carbocycles. The van der Waals surface area contributed by atoms with E-state index in [-0.39, 0.29) is 12.1 Å². The van der Waals surface area contributed by atoms with Crippen LogP contribution in [0.2, 0.25) is 0 Å². The van der Waals surface area contributed by atoms with Gasteiger partial charge in [-0.2, -0.15) is 0 Å². The van der Waals surface area contributed by atoms with E-state index < -0.39 is 56.8 Å². The predicted molar refractivity (Wildman–Crippen MR) is 80.2 cm³/mol. The minimum Gasteiger partial charge on any atom is -0.744 e. The van der Waals surface area contributed by atoms with Crippen LogP contribution in [0.25, 0.3) is 0 Å². The van der Waals surface area contributed by atoms with Crippen molar-refractivity contribution in [3.63, 3.8) is 0 Å². The highest BCUT2D eigenvalue weighted by Crippen LogP contribution is 2.36. The van der Waals surface area contributed by atoms with Crippen LogP contribution < -0.4 is 0 Å². The van der Waals surface area contributed by atoms with Gasteiger partial charge >= 0.3 is 11.4 Å². The van der Waals surface area contributed by atoms with E-state index in [0.717, 1.165) is 0 Å². The van der Waals surface area contributed by atoms with Crippen molar-refractivity contribution in [3.8, 4) is 0 Å². The lowest BCUT2D eigenvalue weighted by atomic mass is 10.2. The van der Waals surface area contributed by atoms with Crippen molar-refractivity contribution in [2.75, 3.05) is 18.8 Å². The van der Waals surface area contributed by atoms with Gasteiger partial charge in [0, 0.05) is 0 Å². The average molecular weight is 385 g/mol. The highest BCUT2D eigenvalue weighted by Gasteiger charge is 2.34. The molecule has 1 rings (SSSR count). The predicted octanol–water partition coefficient (Wildman–Crippen LogP) is 0.691.